The van der Waals surface area contributed by atoms with Crippen LogP contribution in [0.2, 0.25) is 0 Å². The number of halogens is 1. The number of aryl methyl sites for hydroxylation is 1. The fourth-order valence-electron chi connectivity index (χ4n) is 1.27. The minimum atomic E-state index is -0.857. The van der Waals surface area contributed by atoms with Crippen LogP contribution in [0.1, 0.15) is 5.01 Å². The first-order valence-electron chi connectivity index (χ1n) is 4.66. The van der Waals surface area contributed by atoms with E-state index in [1.807, 2.05) is 19.1 Å². The normalized spacial score (nSPS) is 9.71. The van der Waals surface area contributed by atoms with Crippen LogP contribution >= 0.6 is 11.3 Å². The average molecular weight is 272 g/mol. The Balaban J connectivity index is 0.00000144. The van der Waals surface area contributed by atoms with Gasteiger partial charge in [-0.15, -0.1) is 10.2 Å². The predicted molar refractivity (Wildman–Crippen MR) is 57.9 cm³/mol. The molecule has 2 aromatic heterocycles. The Bertz CT molecular complexity index is 513. The Morgan fingerprint density at radius 3 is 2.53 bits per heavy atom. The zero-order valence-electron chi connectivity index (χ0n) is 9.00. The van der Waals surface area contributed by atoms with E-state index < -0.39 is 5.97 Å². The number of carbonyl (C=O) groups is 1. The molecule has 17 heavy (non-hydrogen) atoms. The highest BCUT2D eigenvalue weighted by Gasteiger charge is 2.09. The molecule has 0 fully saturated rings. The van der Waals surface area contributed by atoms with Gasteiger partial charge in [0.2, 0.25) is 6.54 Å². The van der Waals surface area contributed by atoms with Crippen molar-refractivity contribution in [2.75, 3.05) is 0 Å². The van der Waals surface area contributed by atoms with Gasteiger partial charge < -0.3 is 17.5 Å². The monoisotopic (exact) mass is 271 g/mol. The molecule has 0 spiro atoms. The van der Waals surface area contributed by atoms with Crippen molar-refractivity contribution in [1.29, 1.82) is 0 Å². The summed E-state index contributed by atoms with van der Waals surface area (Å²) in [5, 5.41) is 18.3. The van der Waals surface area contributed by atoms with Crippen molar-refractivity contribution in [2.24, 2.45) is 0 Å². The van der Waals surface area contributed by atoms with Crippen LogP contribution in [0.25, 0.3) is 10.6 Å². The van der Waals surface area contributed by atoms with Crippen LogP contribution in [0, 0.1) is 6.92 Å². The van der Waals surface area contributed by atoms with E-state index >= 15 is 0 Å². The van der Waals surface area contributed by atoms with Gasteiger partial charge in [-0.2, -0.15) is 4.57 Å². The van der Waals surface area contributed by atoms with Gasteiger partial charge in [-0.1, -0.05) is 11.3 Å². The van der Waals surface area contributed by atoms with E-state index in [-0.39, 0.29) is 19.0 Å². The number of pyridine rings is 1. The number of carboxylic acid groups (broad SMARTS) is 1. The second-order valence-electron chi connectivity index (χ2n) is 3.28. The van der Waals surface area contributed by atoms with E-state index in [4.69, 9.17) is 5.11 Å². The fraction of sp³-hybridized carbons (Fsp3) is 0.200. The molecule has 1 N–H and O–H groups in total. The third-order valence-corrected chi connectivity index (χ3v) is 2.87. The quantitative estimate of drug-likeness (QED) is 0.649. The minimum absolute atomic E-state index is 0. The summed E-state index contributed by atoms with van der Waals surface area (Å²) in [6.07, 6.45) is 3.44. The highest BCUT2D eigenvalue weighted by molar-refractivity contribution is 7.14. The first-order valence-corrected chi connectivity index (χ1v) is 5.48. The fourth-order valence-corrected chi connectivity index (χ4v) is 1.97. The third-order valence-electron chi connectivity index (χ3n) is 1.98. The van der Waals surface area contributed by atoms with Crippen molar-refractivity contribution in [2.45, 2.75) is 13.5 Å². The van der Waals surface area contributed by atoms with Crippen LogP contribution in [-0.4, -0.2) is 21.3 Å². The van der Waals surface area contributed by atoms with Gasteiger partial charge in [0.15, 0.2) is 12.4 Å². The van der Waals surface area contributed by atoms with E-state index in [2.05, 4.69) is 10.2 Å². The number of aromatic nitrogens is 3. The topological polar surface area (TPSA) is 67.0 Å². The summed E-state index contributed by atoms with van der Waals surface area (Å²) in [6.45, 7) is 1.87. The van der Waals surface area contributed by atoms with Crippen LogP contribution in [0.5, 0.6) is 0 Å². The van der Waals surface area contributed by atoms with Crippen LogP contribution in [0.15, 0.2) is 24.5 Å². The minimum Gasteiger partial charge on any atom is -1.00 e. The standard InChI is InChI=1S/C10H9N3O2S.ClH/c1-7-11-12-10(16-7)8-2-4-13(5-3-8)6-9(14)15;/h2-5H,6H2,1H3;1H. The van der Waals surface area contributed by atoms with Crippen molar-refractivity contribution in [3.8, 4) is 10.6 Å². The maximum absolute atomic E-state index is 10.5. The van der Waals surface area contributed by atoms with E-state index in [0.29, 0.717) is 0 Å². The first kappa shape index (κ1) is 13.5. The van der Waals surface area contributed by atoms with E-state index in [1.54, 1.807) is 17.0 Å². The largest absolute Gasteiger partial charge is 1.00 e. The van der Waals surface area contributed by atoms with Gasteiger partial charge in [0.1, 0.15) is 10.0 Å². The van der Waals surface area contributed by atoms with Gasteiger partial charge in [-0.3, -0.25) is 0 Å². The van der Waals surface area contributed by atoms with E-state index in [9.17, 15) is 4.79 Å². The van der Waals surface area contributed by atoms with Crippen molar-refractivity contribution in [3.63, 3.8) is 0 Å². The zero-order chi connectivity index (χ0) is 11.5. The lowest BCUT2D eigenvalue weighted by molar-refractivity contribution is -0.685. The summed E-state index contributed by atoms with van der Waals surface area (Å²) in [7, 11) is 0. The molecule has 0 unspecified atom stereocenters. The second kappa shape index (κ2) is 5.70. The number of rotatable bonds is 3. The first-order chi connectivity index (χ1) is 7.65. The van der Waals surface area contributed by atoms with Crippen LogP contribution in [-0.2, 0) is 11.3 Å². The predicted octanol–water partition coefficient (Wildman–Crippen LogP) is -2.11. The van der Waals surface area contributed by atoms with Gasteiger partial charge >= 0.3 is 5.97 Å². The number of hydrogen-bond acceptors (Lipinski definition) is 4. The lowest BCUT2D eigenvalue weighted by Crippen LogP contribution is -3.00. The van der Waals surface area contributed by atoms with Gasteiger partial charge in [0.25, 0.3) is 0 Å². The highest BCUT2D eigenvalue weighted by atomic mass is 35.5. The molecule has 0 amide bonds. The molecule has 0 saturated carbocycles. The van der Waals surface area contributed by atoms with Gasteiger partial charge in [-0.05, 0) is 6.92 Å². The maximum Gasteiger partial charge on any atom is 0.370 e. The molecule has 90 valence electrons. The number of nitrogens with zero attached hydrogens (tertiary/aromatic N) is 3. The summed E-state index contributed by atoms with van der Waals surface area (Å²) >= 11 is 1.51. The lowest BCUT2D eigenvalue weighted by atomic mass is 10.3. The zero-order valence-corrected chi connectivity index (χ0v) is 10.6. The SMILES string of the molecule is Cc1nnc(-c2cc[n+](CC(=O)O)cc2)s1.[Cl-]. The summed E-state index contributed by atoms with van der Waals surface area (Å²) in [4.78, 5) is 10.5. The molecule has 2 aromatic rings. The average Bonchev–Trinajstić information content (AvgIpc) is 2.65. The molecular formula is C10H10ClN3O2S. The number of hydrogen-bond donors (Lipinski definition) is 1. The molecule has 0 aliphatic rings. The summed E-state index contributed by atoms with van der Waals surface area (Å²) in [6, 6.07) is 3.67. The van der Waals surface area contributed by atoms with Gasteiger partial charge in [0.05, 0.1) is 0 Å². The maximum atomic E-state index is 10.5. The molecule has 0 bridgehead atoms. The Morgan fingerprint density at radius 1 is 1.41 bits per heavy atom. The Kier molecular flexibility index (Phi) is 4.53. The number of carboxylic acids is 1. The van der Waals surface area contributed by atoms with Crippen molar-refractivity contribution < 1.29 is 26.9 Å². The molecule has 0 radical (unpaired) electrons. The molecule has 0 atom stereocenters. The Hall–Kier alpha value is -1.53. The molecule has 2 rings (SSSR count). The smallest absolute Gasteiger partial charge is 0.370 e. The molecular weight excluding hydrogens is 262 g/mol. The molecule has 0 aliphatic carbocycles. The van der Waals surface area contributed by atoms with Crippen LogP contribution in [0.3, 0.4) is 0 Å². The Morgan fingerprint density at radius 2 is 2.06 bits per heavy atom. The Labute approximate surface area is 108 Å². The molecule has 2 heterocycles. The summed E-state index contributed by atoms with van der Waals surface area (Å²) in [5.41, 5.74) is 0.951. The van der Waals surface area contributed by atoms with Gasteiger partial charge in [0, 0.05) is 17.7 Å². The molecule has 7 heteroatoms. The van der Waals surface area contributed by atoms with Gasteiger partial charge in [-0.25, -0.2) is 4.79 Å². The van der Waals surface area contributed by atoms with E-state index in [0.717, 1.165) is 15.6 Å². The van der Waals surface area contributed by atoms with Crippen LogP contribution < -0.4 is 17.0 Å². The second-order valence-corrected chi connectivity index (χ2v) is 4.46. The molecule has 0 aromatic carbocycles. The van der Waals surface area contributed by atoms with Crippen molar-refractivity contribution in [3.05, 3.63) is 29.5 Å². The van der Waals surface area contributed by atoms with Crippen LogP contribution in [0.4, 0.5) is 0 Å². The van der Waals surface area contributed by atoms with Crippen molar-refractivity contribution >= 4 is 17.3 Å². The molecule has 0 saturated heterocycles. The summed E-state index contributed by atoms with van der Waals surface area (Å²) in [5.74, 6) is -0.857. The summed E-state index contributed by atoms with van der Waals surface area (Å²) < 4.78 is 1.60. The lowest BCUT2D eigenvalue weighted by Gasteiger charge is -1.94. The molecule has 0 aliphatic heterocycles. The third kappa shape index (κ3) is 3.47. The van der Waals surface area contributed by atoms with Crippen molar-refractivity contribution in [1.82, 2.24) is 10.2 Å². The highest BCUT2D eigenvalue weighted by Crippen LogP contribution is 2.21. The number of aliphatic carboxylic acids is 1. The molecule has 5 nitrogen and oxygen atoms in total. The van der Waals surface area contributed by atoms with E-state index in [1.165, 1.54) is 11.3 Å².